The number of hydrogen-bond acceptors (Lipinski definition) is 3. The van der Waals surface area contributed by atoms with Crippen molar-refractivity contribution in [3.63, 3.8) is 0 Å². The highest BCUT2D eigenvalue weighted by molar-refractivity contribution is 6.08. The molecule has 4 nitrogen and oxygen atoms in total. The largest absolute Gasteiger partial charge is 0.465 e. The molecule has 0 bridgehead atoms. The van der Waals surface area contributed by atoms with Crippen molar-refractivity contribution < 1.29 is 23.1 Å². The number of rotatable bonds is 3. The van der Waals surface area contributed by atoms with Crippen LogP contribution in [0.4, 0.5) is 14.5 Å². The fourth-order valence-corrected chi connectivity index (χ4v) is 1.75. The average molecular weight is 291 g/mol. The molecule has 0 saturated heterocycles. The second-order valence-electron chi connectivity index (χ2n) is 4.09. The summed E-state index contributed by atoms with van der Waals surface area (Å²) in [5.41, 5.74) is -0.183. The van der Waals surface area contributed by atoms with Crippen molar-refractivity contribution in [3.05, 3.63) is 65.2 Å². The zero-order valence-electron chi connectivity index (χ0n) is 11.0. The van der Waals surface area contributed by atoms with Crippen LogP contribution in [0.5, 0.6) is 0 Å². The van der Waals surface area contributed by atoms with Crippen LogP contribution < -0.4 is 5.32 Å². The molecular weight excluding hydrogens is 280 g/mol. The number of para-hydroxylation sites is 1. The number of amides is 1. The van der Waals surface area contributed by atoms with Crippen molar-refractivity contribution in [2.75, 3.05) is 12.4 Å². The molecule has 0 atom stereocenters. The molecule has 0 aliphatic carbocycles. The Morgan fingerprint density at radius 1 is 1.00 bits per heavy atom. The van der Waals surface area contributed by atoms with Gasteiger partial charge < -0.3 is 10.1 Å². The number of esters is 1. The third kappa shape index (κ3) is 3.05. The van der Waals surface area contributed by atoms with Crippen molar-refractivity contribution in [2.45, 2.75) is 0 Å². The first kappa shape index (κ1) is 14.6. The van der Waals surface area contributed by atoms with E-state index in [-0.39, 0.29) is 11.3 Å². The van der Waals surface area contributed by atoms with Gasteiger partial charge in [-0.1, -0.05) is 18.2 Å². The predicted octanol–water partition coefficient (Wildman–Crippen LogP) is 3.00. The van der Waals surface area contributed by atoms with Gasteiger partial charge in [0, 0.05) is 0 Å². The Labute approximate surface area is 119 Å². The average Bonchev–Trinajstić information content (AvgIpc) is 2.49. The number of hydrogen-bond donors (Lipinski definition) is 1. The van der Waals surface area contributed by atoms with E-state index >= 15 is 0 Å². The zero-order chi connectivity index (χ0) is 15.4. The maximum absolute atomic E-state index is 13.6. The number of carbonyl (C=O) groups excluding carboxylic acids is 2. The number of halogens is 2. The lowest BCUT2D eigenvalue weighted by Crippen LogP contribution is -2.17. The number of methoxy groups -OCH3 is 1. The molecule has 0 unspecified atom stereocenters. The third-order valence-corrected chi connectivity index (χ3v) is 2.78. The van der Waals surface area contributed by atoms with Crippen LogP contribution in [0.15, 0.2) is 42.5 Å². The van der Waals surface area contributed by atoms with Crippen molar-refractivity contribution >= 4 is 17.6 Å². The van der Waals surface area contributed by atoms with Gasteiger partial charge in [0.15, 0.2) is 11.6 Å². The van der Waals surface area contributed by atoms with E-state index in [0.717, 1.165) is 12.1 Å². The molecule has 2 rings (SSSR count). The Morgan fingerprint density at radius 3 is 2.38 bits per heavy atom. The summed E-state index contributed by atoms with van der Waals surface area (Å²) in [4.78, 5) is 23.5. The van der Waals surface area contributed by atoms with E-state index in [2.05, 4.69) is 10.1 Å². The number of anilines is 1. The Balaban J connectivity index is 2.32. The van der Waals surface area contributed by atoms with E-state index < -0.39 is 29.1 Å². The number of ether oxygens (including phenoxy) is 1. The number of benzene rings is 2. The van der Waals surface area contributed by atoms with Gasteiger partial charge in [0.05, 0.1) is 23.9 Å². The minimum absolute atomic E-state index is 0.116. The van der Waals surface area contributed by atoms with Crippen molar-refractivity contribution in [1.82, 2.24) is 0 Å². The molecule has 0 spiro atoms. The minimum atomic E-state index is -1.24. The lowest BCUT2D eigenvalue weighted by atomic mass is 10.1. The highest BCUT2D eigenvalue weighted by atomic mass is 19.2. The van der Waals surface area contributed by atoms with Gasteiger partial charge in [0.25, 0.3) is 5.91 Å². The zero-order valence-corrected chi connectivity index (χ0v) is 11.0. The van der Waals surface area contributed by atoms with Crippen LogP contribution in [0.25, 0.3) is 0 Å². The van der Waals surface area contributed by atoms with Gasteiger partial charge in [0.2, 0.25) is 0 Å². The molecule has 1 N–H and O–H groups in total. The monoisotopic (exact) mass is 291 g/mol. The van der Waals surface area contributed by atoms with Crippen LogP contribution in [-0.4, -0.2) is 19.0 Å². The van der Waals surface area contributed by atoms with Gasteiger partial charge in [-0.3, -0.25) is 4.79 Å². The molecular formula is C15H11F2NO3. The highest BCUT2D eigenvalue weighted by Crippen LogP contribution is 2.18. The summed E-state index contributed by atoms with van der Waals surface area (Å²) < 4.78 is 31.2. The number of nitrogens with one attached hydrogen (secondary N) is 1. The van der Waals surface area contributed by atoms with Crippen LogP contribution in [0, 0.1) is 11.6 Å². The first-order chi connectivity index (χ1) is 10.0. The molecule has 0 heterocycles. The van der Waals surface area contributed by atoms with Crippen LogP contribution in [-0.2, 0) is 4.74 Å². The van der Waals surface area contributed by atoms with E-state index in [1.807, 2.05) is 0 Å². The maximum atomic E-state index is 13.6. The summed E-state index contributed by atoms with van der Waals surface area (Å²) in [5, 5.41) is 2.36. The summed E-state index contributed by atoms with van der Waals surface area (Å²) in [5.74, 6) is -3.87. The van der Waals surface area contributed by atoms with Gasteiger partial charge >= 0.3 is 5.97 Å². The molecule has 0 saturated carbocycles. The van der Waals surface area contributed by atoms with Crippen LogP contribution in [0.3, 0.4) is 0 Å². The second-order valence-corrected chi connectivity index (χ2v) is 4.09. The molecule has 0 aromatic heterocycles. The van der Waals surface area contributed by atoms with E-state index in [1.165, 1.54) is 25.3 Å². The Kier molecular flexibility index (Phi) is 4.27. The molecule has 0 aliphatic rings. The van der Waals surface area contributed by atoms with Crippen molar-refractivity contribution in [2.24, 2.45) is 0 Å². The highest BCUT2D eigenvalue weighted by Gasteiger charge is 2.18. The first-order valence-electron chi connectivity index (χ1n) is 5.97. The van der Waals surface area contributed by atoms with E-state index in [0.29, 0.717) is 0 Å². The quantitative estimate of drug-likeness (QED) is 0.884. The standard InChI is InChI=1S/C15H11F2NO3/c1-21-15(20)9-5-2-3-8-12(9)18-14(19)10-6-4-7-11(16)13(10)17/h2-8H,1H3,(H,18,19). The Hall–Kier alpha value is -2.76. The number of carbonyl (C=O) groups is 2. The normalized spacial score (nSPS) is 10.0. The SMILES string of the molecule is COC(=O)c1ccccc1NC(=O)c1cccc(F)c1F. The summed E-state index contributed by atoms with van der Waals surface area (Å²) in [6.45, 7) is 0. The molecule has 21 heavy (non-hydrogen) atoms. The van der Waals surface area contributed by atoms with Crippen LogP contribution in [0.2, 0.25) is 0 Å². The lowest BCUT2D eigenvalue weighted by Gasteiger charge is -2.10. The van der Waals surface area contributed by atoms with E-state index in [1.54, 1.807) is 12.1 Å². The predicted molar refractivity (Wildman–Crippen MR) is 72.1 cm³/mol. The summed E-state index contributed by atoms with van der Waals surface area (Å²) in [6, 6.07) is 9.36. The summed E-state index contributed by atoms with van der Waals surface area (Å²) in [7, 11) is 1.20. The second kappa shape index (κ2) is 6.13. The fourth-order valence-electron chi connectivity index (χ4n) is 1.75. The maximum Gasteiger partial charge on any atom is 0.339 e. The molecule has 6 heteroatoms. The fraction of sp³-hybridized carbons (Fsp3) is 0.0667. The van der Waals surface area contributed by atoms with E-state index in [4.69, 9.17) is 0 Å². The molecule has 2 aromatic rings. The van der Waals surface area contributed by atoms with Crippen LogP contribution >= 0.6 is 0 Å². The molecule has 0 aliphatic heterocycles. The molecule has 1 amide bonds. The molecule has 0 fully saturated rings. The van der Waals surface area contributed by atoms with Gasteiger partial charge in [0.1, 0.15) is 0 Å². The Bertz CT molecular complexity index is 701. The molecule has 0 radical (unpaired) electrons. The van der Waals surface area contributed by atoms with Crippen LogP contribution in [0.1, 0.15) is 20.7 Å². The van der Waals surface area contributed by atoms with Gasteiger partial charge in [-0.15, -0.1) is 0 Å². The van der Waals surface area contributed by atoms with Crippen molar-refractivity contribution in [1.29, 1.82) is 0 Å². The molecule has 2 aromatic carbocycles. The van der Waals surface area contributed by atoms with E-state index in [9.17, 15) is 18.4 Å². The van der Waals surface area contributed by atoms with Gasteiger partial charge in [-0.05, 0) is 24.3 Å². The van der Waals surface area contributed by atoms with Gasteiger partial charge in [-0.25, -0.2) is 13.6 Å². The summed E-state index contributed by atoms with van der Waals surface area (Å²) in [6.07, 6.45) is 0. The van der Waals surface area contributed by atoms with Gasteiger partial charge in [-0.2, -0.15) is 0 Å². The van der Waals surface area contributed by atoms with Crippen molar-refractivity contribution in [3.8, 4) is 0 Å². The Morgan fingerprint density at radius 2 is 1.67 bits per heavy atom. The molecule has 108 valence electrons. The minimum Gasteiger partial charge on any atom is -0.465 e. The smallest absolute Gasteiger partial charge is 0.339 e. The first-order valence-corrected chi connectivity index (χ1v) is 5.97. The lowest BCUT2D eigenvalue weighted by molar-refractivity contribution is 0.0602. The summed E-state index contributed by atoms with van der Waals surface area (Å²) >= 11 is 0. The third-order valence-electron chi connectivity index (χ3n) is 2.78. The topological polar surface area (TPSA) is 55.4 Å².